The number of para-hydroxylation sites is 1. The van der Waals surface area contributed by atoms with Crippen LogP contribution < -0.4 is 5.32 Å². The van der Waals surface area contributed by atoms with Gasteiger partial charge in [-0.3, -0.25) is 4.79 Å². The Morgan fingerprint density at radius 3 is 2.58 bits per heavy atom. The first-order valence-corrected chi connectivity index (χ1v) is 6.18. The number of benzene rings is 1. The summed E-state index contributed by atoms with van der Waals surface area (Å²) in [4.78, 5) is 23.0. The molecule has 2 rings (SSSR count). The number of rotatable bonds is 3. The number of hydrogen-bond acceptors (Lipinski definition) is 3. The summed E-state index contributed by atoms with van der Waals surface area (Å²) >= 11 is 3.10. The second-order valence-electron chi connectivity index (χ2n) is 3.86. The van der Waals surface area contributed by atoms with Gasteiger partial charge in [-0.1, -0.05) is 12.1 Å². The molecule has 0 radical (unpaired) electrons. The van der Waals surface area contributed by atoms with Gasteiger partial charge in [0.15, 0.2) is 10.4 Å². The van der Waals surface area contributed by atoms with Crippen LogP contribution in [0.2, 0.25) is 0 Å². The molecule has 98 valence electrons. The molecule has 6 heteroatoms. The number of anilines is 1. The summed E-state index contributed by atoms with van der Waals surface area (Å²) in [7, 11) is 0. The standard InChI is InChI=1S/C13H10BrNO4/c1-7-3-2-4-8(13(17)18)11(7)15-12(16)9-5-6-10(14)19-9/h2-6H,1H3,(H,15,16)(H,17,18). The summed E-state index contributed by atoms with van der Waals surface area (Å²) in [6.45, 7) is 1.72. The maximum absolute atomic E-state index is 11.9. The Morgan fingerprint density at radius 1 is 1.26 bits per heavy atom. The van der Waals surface area contributed by atoms with E-state index >= 15 is 0 Å². The zero-order valence-electron chi connectivity index (χ0n) is 9.94. The van der Waals surface area contributed by atoms with Crippen LogP contribution in [0.3, 0.4) is 0 Å². The molecule has 0 fully saturated rings. The van der Waals surface area contributed by atoms with Gasteiger partial charge >= 0.3 is 5.97 Å². The van der Waals surface area contributed by atoms with E-state index < -0.39 is 11.9 Å². The first-order chi connectivity index (χ1) is 8.99. The highest BCUT2D eigenvalue weighted by Gasteiger charge is 2.17. The first kappa shape index (κ1) is 13.4. The number of carbonyl (C=O) groups is 2. The Labute approximate surface area is 117 Å². The summed E-state index contributed by atoms with van der Waals surface area (Å²) in [6.07, 6.45) is 0. The molecule has 0 saturated carbocycles. The van der Waals surface area contributed by atoms with Crippen molar-refractivity contribution >= 4 is 33.5 Å². The Kier molecular flexibility index (Phi) is 3.71. The Balaban J connectivity index is 2.33. The second kappa shape index (κ2) is 5.27. The van der Waals surface area contributed by atoms with Gasteiger partial charge in [0.05, 0.1) is 11.3 Å². The molecule has 0 unspecified atom stereocenters. The van der Waals surface area contributed by atoms with Crippen molar-refractivity contribution < 1.29 is 19.1 Å². The lowest BCUT2D eigenvalue weighted by atomic mass is 10.1. The van der Waals surface area contributed by atoms with Crippen molar-refractivity contribution in [2.24, 2.45) is 0 Å². The van der Waals surface area contributed by atoms with Crippen LogP contribution in [0.25, 0.3) is 0 Å². The average Bonchev–Trinajstić information content (AvgIpc) is 2.78. The zero-order chi connectivity index (χ0) is 14.0. The van der Waals surface area contributed by atoms with Crippen molar-refractivity contribution in [3.05, 3.63) is 51.9 Å². The third-order valence-corrected chi connectivity index (χ3v) is 2.96. The van der Waals surface area contributed by atoms with E-state index in [1.54, 1.807) is 25.1 Å². The summed E-state index contributed by atoms with van der Waals surface area (Å²) < 4.78 is 5.55. The SMILES string of the molecule is Cc1cccc(C(=O)O)c1NC(=O)c1ccc(Br)o1. The number of furan rings is 1. The number of carboxylic acids is 1. The van der Waals surface area contributed by atoms with E-state index in [2.05, 4.69) is 21.2 Å². The number of aryl methyl sites for hydroxylation is 1. The number of amides is 1. The first-order valence-electron chi connectivity index (χ1n) is 5.38. The molecule has 1 heterocycles. The molecule has 0 atom stereocenters. The van der Waals surface area contributed by atoms with Gasteiger partial charge in [0.25, 0.3) is 5.91 Å². The van der Waals surface area contributed by atoms with Crippen molar-refractivity contribution in [1.29, 1.82) is 0 Å². The fourth-order valence-electron chi connectivity index (χ4n) is 1.62. The minimum Gasteiger partial charge on any atom is -0.478 e. The van der Waals surface area contributed by atoms with Crippen LogP contribution in [0.1, 0.15) is 26.5 Å². The maximum atomic E-state index is 11.9. The van der Waals surface area contributed by atoms with Gasteiger partial charge in [-0.15, -0.1) is 0 Å². The third kappa shape index (κ3) is 2.85. The fourth-order valence-corrected chi connectivity index (χ4v) is 1.93. The van der Waals surface area contributed by atoms with Gasteiger partial charge in [-0.05, 0) is 46.6 Å². The van der Waals surface area contributed by atoms with Crippen molar-refractivity contribution in [2.45, 2.75) is 6.92 Å². The molecule has 0 aliphatic heterocycles. The molecule has 2 N–H and O–H groups in total. The van der Waals surface area contributed by atoms with Crippen LogP contribution in [-0.2, 0) is 0 Å². The number of carbonyl (C=O) groups excluding carboxylic acids is 1. The third-order valence-electron chi connectivity index (χ3n) is 2.54. The smallest absolute Gasteiger partial charge is 0.337 e. The van der Waals surface area contributed by atoms with Crippen LogP contribution in [0.5, 0.6) is 0 Å². The summed E-state index contributed by atoms with van der Waals surface area (Å²) in [5.74, 6) is -1.49. The minimum absolute atomic E-state index is 0.0407. The molecule has 1 amide bonds. The highest BCUT2D eigenvalue weighted by molar-refractivity contribution is 9.10. The van der Waals surface area contributed by atoms with Gasteiger partial charge in [0, 0.05) is 0 Å². The molecule has 0 bridgehead atoms. The lowest BCUT2D eigenvalue weighted by molar-refractivity contribution is 0.0698. The predicted molar refractivity (Wildman–Crippen MR) is 72.5 cm³/mol. The van der Waals surface area contributed by atoms with Gasteiger partial charge in [0.1, 0.15) is 0 Å². The molecular weight excluding hydrogens is 314 g/mol. The van der Waals surface area contributed by atoms with Gasteiger partial charge < -0.3 is 14.8 Å². The number of aromatic carboxylic acids is 1. The van der Waals surface area contributed by atoms with Gasteiger partial charge in [-0.2, -0.15) is 0 Å². The zero-order valence-corrected chi connectivity index (χ0v) is 11.5. The van der Waals surface area contributed by atoms with E-state index in [0.717, 1.165) is 0 Å². The van der Waals surface area contributed by atoms with Crippen molar-refractivity contribution in [3.8, 4) is 0 Å². The molecule has 0 aliphatic rings. The molecule has 1 aromatic heterocycles. The lowest BCUT2D eigenvalue weighted by Crippen LogP contribution is -2.15. The van der Waals surface area contributed by atoms with Gasteiger partial charge in [-0.25, -0.2) is 4.79 Å². The van der Waals surface area contributed by atoms with Crippen molar-refractivity contribution in [2.75, 3.05) is 5.32 Å². The molecule has 0 spiro atoms. The molecule has 0 saturated heterocycles. The van der Waals surface area contributed by atoms with Gasteiger partial charge in [0.2, 0.25) is 0 Å². The number of nitrogens with one attached hydrogen (secondary N) is 1. The van der Waals surface area contributed by atoms with Crippen LogP contribution in [0, 0.1) is 6.92 Å². The minimum atomic E-state index is -1.10. The van der Waals surface area contributed by atoms with E-state index in [1.807, 2.05) is 0 Å². The van der Waals surface area contributed by atoms with Crippen LogP contribution in [0.4, 0.5) is 5.69 Å². The van der Waals surface area contributed by atoms with Crippen LogP contribution in [0.15, 0.2) is 39.4 Å². The molecule has 5 nitrogen and oxygen atoms in total. The maximum Gasteiger partial charge on any atom is 0.337 e. The fraction of sp³-hybridized carbons (Fsp3) is 0.0769. The van der Waals surface area contributed by atoms with E-state index in [0.29, 0.717) is 10.2 Å². The predicted octanol–water partition coefficient (Wildman–Crippen LogP) is 3.30. The highest BCUT2D eigenvalue weighted by atomic mass is 79.9. The second-order valence-corrected chi connectivity index (χ2v) is 4.64. The van der Waals surface area contributed by atoms with Crippen LogP contribution >= 0.6 is 15.9 Å². The monoisotopic (exact) mass is 323 g/mol. The number of hydrogen-bond donors (Lipinski definition) is 2. The van der Waals surface area contributed by atoms with E-state index in [-0.39, 0.29) is 17.0 Å². The number of carboxylic acid groups (broad SMARTS) is 1. The summed E-state index contributed by atoms with van der Waals surface area (Å²) in [6, 6.07) is 7.87. The summed E-state index contributed by atoms with van der Waals surface area (Å²) in [5, 5.41) is 11.7. The quantitative estimate of drug-likeness (QED) is 0.908. The van der Waals surface area contributed by atoms with E-state index in [9.17, 15) is 9.59 Å². The Bertz CT molecular complexity index is 648. The lowest BCUT2D eigenvalue weighted by Gasteiger charge is -2.10. The normalized spacial score (nSPS) is 10.2. The van der Waals surface area contributed by atoms with Crippen LogP contribution in [-0.4, -0.2) is 17.0 Å². The van der Waals surface area contributed by atoms with E-state index in [4.69, 9.17) is 9.52 Å². The molecule has 1 aromatic carbocycles. The highest BCUT2D eigenvalue weighted by Crippen LogP contribution is 2.22. The Morgan fingerprint density at radius 2 is 2.00 bits per heavy atom. The van der Waals surface area contributed by atoms with E-state index in [1.165, 1.54) is 12.1 Å². The molecule has 0 aliphatic carbocycles. The topological polar surface area (TPSA) is 79.5 Å². The molecule has 2 aromatic rings. The molecular formula is C13H10BrNO4. The average molecular weight is 324 g/mol. The Hall–Kier alpha value is -2.08. The summed E-state index contributed by atoms with van der Waals surface area (Å²) in [5.41, 5.74) is 0.977. The van der Waals surface area contributed by atoms with Crippen molar-refractivity contribution in [1.82, 2.24) is 0 Å². The largest absolute Gasteiger partial charge is 0.478 e. The molecule has 19 heavy (non-hydrogen) atoms. The number of halogens is 1. The van der Waals surface area contributed by atoms with Crippen molar-refractivity contribution in [3.63, 3.8) is 0 Å².